The number of benzene rings is 1. The van der Waals surface area contributed by atoms with Gasteiger partial charge in [-0.2, -0.15) is 5.10 Å². The minimum absolute atomic E-state index is 0.162. The number of rotatable bonds is 6. The Bertz CT molecular complexity index is 590. The highest BCUT2D eigenvalue weighted by Gasteiger charge is 2.17. The number of aryl methyl sites for hydroxylation is 2. The van der Waals surface area contributed by atoms with Crippen molar-refractivity contribution in [2.75, 3.05) is 0 Å². The summed E-state index contributed by atoms with van der Waals surface area (Å²) >= 11 is 6.32. The third kappa shape index (κ3) is 3.28. The Balaban J connectivity index is 2.13. The molecule has 2 rings (SSSR count). The van der Waals surface area contributed by atoms with E-state index in [2.05, 4.69) is 5.10 Å². The maximum atomic E-state index is 12.2. The van der Waals surface area contributed by atoms with Gasteiger partial charge in [0, 0.05) is 13.0 Å². The molecule has 4 heteroatoms. The average Bonchev–Trinajstić information content (AvgIpc) is 2.76. The lowest BCUT2D eigenvalue weighted by molar-refractivity contribution is -0.117. The fourth-order valence-corrected chi connectivity index (χ4v) is 2.59. The summed E-state index contributed by atoms with van der Waals surface area (Å²) in [6.45, 7) is 4.76. The van der Waals surface area contributed by atoms with Gasteiger partial charge in [0.1, 0.15) is 5.78 Å². The Morgan fingerprint density at radius 2 is 1.90 bits per heavy atom. The molecule has 1 heterocycles. The summed E-state index contributed by atoms with van der Waals surface area (Å²) < 4.78 is 1.84. The number of aromatic nitrogens is 2. The summed E-state index contributed by atoms with van der Waals surface area (Å²) in [7, 11) is 0. The van der Waals surface area contributed by atoms with E-state index in [0.717, 1.165) is 29.9 Å². The largest absolute Gasteiger partial charge is 0.299 e. The topological polar surface area (TPSA) is 34.9 Å². The van der Waals surface area contributed by atoms with Gasteiger partial charge in [0.25, 0.3) is 0 Å². The molecule has 0 radical (unpaired) electrons. The van der Waals surface area contributed by atoms with Crippen molar-refractivity contribution in [1.29, 1.82) is 0 Å². The fourth-order valence-electron chi connectivity index (χ4n) is 2.26. The SMILES string of the molecule is CCc1nn(CC)c(CC(=O)Cc2ccccc2)c1Cl. The molecule has 106 valence electrons. The second-order valence-electron chi connectivity index (χ2n) is 4.75. The van der Waals surface area contributed by atoms with Crippen LogP contribution in [0.5, 0.6) is 0 Å². The zero-order valence-electron chi connectivity index (χ0n) is 11.9. The number of ketones is 1. The van der Waals surface area contributed by atoms with Crippen LogP contribution >= 0.6 is 11.6 Å². The maximum absolute atomic E-state index is 12.2. The minimum Gasteiger partial charge on any atom is -0.299 e. The first-order valence-corrected chi connectivity index (χ1v) is 7.33. The summed E-state index contributed by atoms with van der Waals surface area (Å²) in [5.41, 5.74) is 2.75. The predicted octanol–water partition coefficient (Wildman–Crippen LogP) is 3.47. The van der Waals surface area contributed by atoms with Crippen LogP contribution in [0, 0.1) is 0 Å². The van der Waals surface area contributed by atoms with E-state index in [-0.39, 0.29) is 5.78 Å². The standard InChI is InChI=1S/C16H19ClN2O/c1-3-14-16(17)15(19(4-2)18-14)11-13(20)10-12-8-6-5-7-9-12/h5-9H,3-4,10-11H2,1-2H3. The zero-order chi connectivity index (χ0) is 14.5. The van der Waals surface area contributed by atoms with Gasteiger partial charge < -0.3 is 0 Å². The normalized spacial score (nSPS) is 10.8. The van der Waals surface area contributed by atoms with Crippen LogP contribution in [0.25, 0.3) is 0 Å². The van der Waals surface area contributed by atoms with Crippen molar-refractivity contribution in [3.8, 4) is 0 Å². The van der Waals surface area contributed by atoms with Crippen molar-refractivity contribution >= 4 is 17.4 Å². The lowest BCUT2D eigenvalue weighted by atomic mass is 10.1. The molecule has 2 aromatic rings. The van der Waals surface area contributed by atoms with Crippen LogP contribution in [0.3, 0.4) is 0 Å². The molecule has 0 unspecified atom stereocenters. The summed E-state index contributed by atoms with van der Waals surface area (Å²) in [5, 5.41) is 5.09. The van der Waals surface area contributed by atoms with E-state index in [4.69, 9.17) is 11.6 Å². The van der Waals surface area contributed by atoms with E-state index in [0.29, 0.717) is 17.9 Å². The average molecular weight is 291 g/mol. The Hall–Kier alpha value is -1.61. The van der Waals surface area contributed by atoms with Gasteiger partial charge in [-0.15, -0.1) is 0 Å². The number of carbonyl (C=O) groups excluding carboxylic acids is 1. The van der Waals surface area contributed by atoms with Crippen molar-refractivity contribution in [3.05, 3.63) is 52.3 Å². The second-order valence-corrected chi connectivity index (χ2v) is 5.13. The second kappa shape index (κ2) is 6.71. The van der Waals surface area contributed by atoms with E-state index in [1.54, 1.807) is 0 Å². The molecule has 0 N–H and O–H groups in total. The van der Waals surface area contributed by atoms with E-state index in [1.807, 2.05) is 48.9 Å². The van der Waals surface area contributed by atoms with Crippen LogP contribution in [0.15, 0.2) is 30.3 Å². The van der Waals surface area contributed by atoms with Crippen LogP contribution in [0.2, 0.25) is 5.02 Å². The van der Waals surface area contributed by atoms with Crippen LogP contribution in [-0.2, 0) is 30.6 Å². The molecule has 0 saturated heterocycles. The van der Waals surface area contributed by atoms with E-state index >= 15 is 0 Å². The van der Waals surface area contributed by atoms with Gasteiger partial charge in [0.15, 0.2) is 0 Å². The first-order chi connectivity index (χ1) is 9.65. The molecule has 0 amide bonds. The number of nitrogens with zero attached hydrogens (tertiary/aromatic N) is 2. The molecular formula is C16H19ClN2O. The lowest BCUT2D eigenvalue weighted by Gasteiger charge is -2.05. The molecule has 0 aliphatic rings. The molecule has 1 aromatic heterocycles. The third-order valence-electron chi connectivity index (χ3n) is 3.30. The molecular weight excluding hydrogens is 272 g/mol. The molecule has 1 aromatic carbocycles. The van der Waals surface area contributed by atoms with Crippen LogP contribution in [0.4, 0.5) is 0 Å². The molecule has 0 aliphatic heterocycles. The van der Waals surface area contributed by atoms with Gasteiger partial charge in [-0.25, -0.2) is 0 Å². The molecule has 3 nitrogen and oxygen atoms in total. The van der Waals surface area contributed by atoms with Crippen molar-refractivity contribution in [2.45, 2.75) is 39.7 Å². The number of hydrogen-bond acceptors (Lipinski definition) is 2. The number of hydrogen-bond donors (Lipinski definition) is 0. The summed E-state index contributed by atoms with van der Waals surface area (Å²) in [5.74, 6) is 0.162. The molecule has 20 heavy (non-hydrogen) atoms. The van der Waals surface area contributed by atoms with Gasteiger partial charge in [0.2, 0.25) is 0 Å². The fraction of sp³-hybridized carbons (Fsp3) is 0.375. The Morgan fingerprint density at radius 1 is 1.20 bits per heavy atom. The monoisotopic (exact) mass is 290 g/mol. The first-order valence-electron chi connectivity index (χ1n) is 6.95. The Kier molecular flexibility index (Phi) is 4.96. The van der Waals surface area contributed by atoms with Crippen molar-refractivity contribution in [2.24, 2.45) is 0 Å². The van der Waals surface area contributed by atoms with Crippen molar-refractivity contribution < 1.29 is 4.79 Å². The summed E-state index contributed by atoms with van der Waals surface area (Å²) in [6, 6.07) is 9.77. The highest BCUT2D eigenvalue weighted by atomic mass is 35.5. The highest BCUT2D eigenvalue weighted by Crippen LogP contribution is 2.22. The molecule has 0 fully saturated rings. The van der Waals surface area contributed by atoms with Gasteiger partial charge in [-0.1, -0.05) is 48.9 Å². The number of Topliss-reactive ketones (excluding diaryl/α,β-unsaturated/α-hetero) is 1. The summed E-state index contributed by atoms with van der Waals surface area (Å²) in [6.07, 6.45) is 1.56. The predicted molar refractivity (Wildman–Crippen MR) is 81.1 cm³/mol. The molecule has 0 bridgehead atoms. The summed E-state index contributed by atoms with van der Waals surface area (Å²) in [4.78, 5) is 12.2. The van der Waals surface area contributed by atoms with E-state index in [1.165, 1.54) is 0 Å². The van der Waals surface area contributed by atoms with Crippen molar-refractivity contribution in [3.63, 3.8) is 0 Å². The van der Waals surface area contributed by atoms with Crippen LogP contribution < -0.4 is 0 Å². The van der Waals surface area contributed by atoms with Gasteiger partial charge in [-0.3, -0.25) is 9.48 Å². The Labute approximate surface area is 124 Å². The van der Waals surface area contributed by atoms with E-state index in [9.17, 15) is 4.79 Å². The molecule has 0 aliphatic carbocycles. The highest BCUT2D eigenvalue weighted by molar-refractivity contribution is 6.32. The molecule has 0 spiro atoms. The Morgan fingerprint density at radius 3 is 2.50 bits per heavy atom. The smallest absolute Gasteiger partial charge is 0.143 e. The van der Waals surface area contributed by atoms with Gasteiger partial charge >= 0.3 is 0 Å². The van der Waals surface area contributed by atoms with Gasteiger partial charge in [0.05, 0.1) is 22.8 Å². The zero-order valence-corrected chi connectivity index (χ0v) is 12.7. The third-order valence-corrected chi connectivity index (χ3v) is 3.74. The maximum Gasteiger partial charge on any atom is 0.143 e. The number of carbonyl (C=O) groups is 1. The lowest BCUT2D eigenvalue weighted by Crippen LogP contribution is -2.11. The quantitative estimate of drug-likeness (QED) is 0.816. The molecule has 0 atom stereocenters. The van der Waals surface area contributed by atoms with Crippen LogP contribution in [-0.4, -0.2) is 15.6 Å². The van der Waals surface area contributed by atoms with Gasteiger partial charge in [-0.05, 0) is 18.9 Å². The van der Waals surface area contributed by atoms with Crippen LogP contribution in [0.1, 0.15) is 30.8 Å². The first kappa shape index (κ1) is 14.8. The molecule has 0 saturated carbocycles. The number of halogens is 1. The van der Waals surface area contributed by atoms with Crippen molar-refractivity contribution in [1.82, 2.24) is 9.78 Å². The minimum atomic E-state index is 0.162. The van der Waals surface area contributed by atoms with E-state index < -0.39 is 0 Å².